The van der Waals surface area contributed by atoms with Crippen molar-refractivity contribution in [2.75, 3.05) is 19.4 Å². The van der Waals surface area contributed by atoms with Gasteiger partial charge in [-0.1, -0.05) is 24.9 Å². The maximum Gasteiger partial charge on any atom is 0.253 e. The first-order valence-corrected chi connectivity index (χ1v) is 6.82. The van der Waals surface area contributed by atoms with Crippen molar-refractivity contribution in [1.29, 1.82) is 0 Å². The largest absolute Gasteiger partial charge is 0.345 e. The van der Waals surface area contributed by atoms with Crippen LogP contribution in [0.15, 0.2) is 18.2 Å². The molecular weight excluding hydrogens is 278 g/mol. The van der Waals surface area contributed by atoms with Crippen molar-refractivity contribution in [2.24, 2.45) is 5.73 Å². The van der Waals surface area contributed by atoms with Gasteiger partial charge in [-0.3, -0.25) is 9.59 Å². The van der Waals surface area contributed by atoms with Crippen LogP contribution in [-0.4, -0.2) is 36.9 Å². The molecule has 0 spiro atoms. The van der Waals surface area contributed by atoms with Gasteiger partial charge in [0.15, 0.2) is 0 Å². The lowest BCUT2D eigenvalue weighted by Crippen LogP contribution is -2.35. The quantitative estimate of drug-likeness (QED) is 0.874. The van der Waals surface area contributed by atoms with Crippen molar-refractivity contribution in [3.8, 4) is 0 Å². The summed E-state index contributed by atoms with van der Waals surface area (Å²) in [5.41, 5.74) is 6.60. The molecule has 1 aromatic rings. The Hall–Kier alpha value is -1.59. The molecule has 0 saturated heterocycles. The Morgan fingerprint density at radius 2 is 2.05 bits per heavy atom. The van der Waals surface area contributed by atoms with Crippen molar-refractivity contribution in [3.05, 3.63) is 28.8 Å². The molecule has 0 fully saturated rings. The molecule has 0 radical (unpaired) electrons. The van der Waals surface area contributed by atoms with E-state index in [0.717, 1.165) is 6.42 Å². The van der Waals surface area contributed by atoms with E-state index in [2.05, 4.69) is 5.32 Å². The number of benzene rings is 1. The van der Waals surface area contributed by atoms with Gasteiger partial charge < -0.3 is 16.0 Å². The Balaban J connectivity index is 2.92. The molecule has 1 aromatic carbocycles. The molecule has 1 rings (SSSR count). The number of carbonyl (C=O) groups is 2. The summed E-state index contributed by atoms with van der Waals surface area (Å²) >= 11 is 6.03. The second kappa shape index (κ2) is 7.26. The van der Waals surface area contributed by atoms with Crippen molar-refractivity contribution in [3.63, 3.8) is 0 Å². The molecule has 0 aliphatic rings. The van der Waals surface area contributed by atoms with Crippen molar-refractivity contribution < 1.29 is 9.59 Å². The van der Waals surface area contributed by atoms with Crippen LogP contribution in [0, 0.1) is 0 Å². The van der Waals surface area contributed by atoms with E-state index in [9.17, 15) is 9.59 Å². The third-order valence-electron chi connectivity index (χ3n) is 2.81. The van der Waals surface area contributed by atoms with Crippen LogP contribution in [0.2, 0.25) is 5.02 Å². The molecule has 0 bridgehead atoms. The molecule has 1 atom stereocenters. The SMILES string of the molecule is CCC[C@H](N)C(=O)Nc1cc(C(=O)N(C)C)ccc1Cl. The molecule has 0 saturated carbocycles. The lowest BCUT2D eigenvalue weighted by atomic mass is 10.1. The Morgan fingerprint density at radius 3 is 2.60 bits per heavy atom. The zero-order chi connectivity index (χ0) is 15.3. The number of halogens is 1. The summed E-state index contributed by atoms with van der Waals surface area (Å²) in [7, 11) is 3.32. The number of hydrogen-bond donors (Lipinski definition) is 2. The van der Waals surface area contributed by atoms with Crippen molar-refractivity contribution >= 4 is 29.1 Å². The van der Waals surface area contributed by atoms with Crippen molar-refractivity contribution in [1.82, 2.24) is 4.90 Å². The van der Waals surface area contributed by atoms with Gasteiger partial charge in [0, 0.05) is 19.7 Å². The van der Waals surface area contributed by atoms with Crippen LogP contribution in [0.4, 0.5) is 5.69 Å². The molecule has 20 heavy (non-hydrogen) atoms. The maximum absolute atomic E-state index is 11.9. The first-order chi connectivity index (χ1) is 9.36. The number of nitrogens with one attached hydrogen (secondary N) is 1. The second-order valence-corrected chi connectivity index (χ2v) is 5.19. The molecule has 0 aliphatic carbocycles. The first-order valence-electron chi connectivity index (χ1n) is 6.44. The topological polar surface area (TPSA) is 75.4 Å². The second-order valence-electron chi connectivity index (χ2n) is 4.78. The number of rotatable bonds is 5. The van der Waals surface area contributed by atoms with Gasteiger partial charge in [-0.05, 0) is 24.6 Å². The average Bonchev–Trinajstić information content (AvgIpc) is 2.40. The van der Waals surface area contributed by atoms with Gasteiger partial charge in [0.25, 0.3) is 5.91 Å². The van der Waals surface area contributed by atoms with E-state index in [1.54, 1.807) is 32.3 Å². The summed E-state index contributed by atoms with van der Waals surface area (Å²) in [6.45, 7) is 1.95. The summed E-state index contributed by atoms with van der Waals surface area (Å²) < 4.78 is 0. The normalized spacial score (nSPS) is 11.8. The van der Waals surface area contributed by atoms with E-state index in [0.29, 0.717) is 22.7 Å². The summed E-state index contributed by atoms with van der Waals surface area (Å²) in [4.78, 5) is 25.2. The van der Waals surface area contributed by atoms with Crippen LogP contribution in [0.1, 0.15) is 30.1 Å². The Bertz CT molecular complexity index is 503. The third-order valence-corrected chi connectivity index (χ3v) is 3.14. The van der Waals surface area contributed by atoms with Crippen LogP contribution in [0.5, 0.6) is 0 Å². The minimum Gasteiger partial charge on any atom is -0.345 e. The van der Waals surface area contributed by atoms with Crippen molar-refractivity contribution in [2.45, 2.75) is 25.8 Å². The van der Waals surface area contributed by atoms with Crippen LogP contribution in [0.3, 0.4) is 0 Å². The molecule has 3 N–H and O–H groups in total. The zero-order valence-corrected chi connectivity index (χ0v) is 12.7. The molecule has 5 nitrogen and oxygen atoms in total. The van der Waals surface area contributed by atoms with Gasteiger partial charge in [0.2, 0.25) is 5.91 Å². The highest BCUT2D eigenvalue weighted by molar-refractivity contribution is 6.34. The van der Waals surface area contributed by atoms with E-state index in [-0.39, 0.29) is 11.8 Å². The first kappa shape index (κ1) is 16.5. The molecule has 0 heterocycles. The zero-order valence-electron chi connectivity index (χ0n) is 11.9. The standard InChI is InChI=1S/C14H20ClN3O2/c1-4-5-11(16)13(19)17-12-8-9(6-7-10(12)15)14(20)18(2)3/h6-8,11H,4-5,16H2,1-3H3,(H,17,19)/t11-/m0/s1. The van der Waals surface area contributed by atoms with Gasteiger partial charge in [-0.25, -0.2) is 0 Å². The van der Waals surface area contributed by atoms with Crippen LogP contribution < -0.4 is 11.1 Å². The van der Waals surface area contributed by atoms with Gasteiger partial charge in [-0.2, -0.15) is 0 Å². The highest BCUT2D eigenvalue weighted by Crippen LogP contribution is 2.23. The molecule has 0 unspecified atom stereocenters. The van der Waals surface area contributed by atoms with Gasteiger partial charge in [-0.15, -0.1) is 0 Å². The van der Waals surface area contributed by atoms with Gasteiger partial charge >= 0.3 is 0 Å². The van der Waals surface area contributed by atoms with E-state index >= 15 is 0 Å². The summed E-state index contributed by atoms with van der Waals surface area (Å²) in [5.74, 6) is -0.460. The van der Waals surface area contributed by atoms with Gasteiger partial charge in [0.1, 0.15) is 0 Å². The minimum atomic E-state index is -0.579. The third kappa shape index (κ3) is 4.21. The highest BCUT2D eigenvalue weighted by atomic mass is 35.5. The highest BCUT2D eigenvalue weighted by Gasteiger charge is 2.16. The van der Waals surface area contributed by atoms with Crippen LogP contribution >= 0.6 is 11.6 Å². The Labute approximate surface area is 124 Å². The minimum absolute atomic E-state index is 0.157. The number of amides is 2. The number of carbonyl (C=O) groups excluding carboxylic acids is 2. The smallest absolute Gasteiger partial charge is 0.253 e. The summed E-state index contributed by atoms with van der Waals surface area (Å²) in [6, 6.07) is 4.18. The monoisotopic (exact) mass is 297 g/mol. The predicted octanol–water partition coefficient (Wildman–Crippen LogP) is 2.11. The fourth-order valence-electron chi connectivity index (χ4n) is 1.68. The molecule has 0 aliphatic heterocycles. The van der Waals surface area contributed by atoms with E-state index in [1.807, 2.05) is 6.92 Å². The van der Waals surface area contributed by atoms with E-state index in [1.165, 1.54) is 4.90 Å². The van der Waals surface area contributed by atoms with Crippen LogP contribution in [0.25, 0.3) is 0 Å². The average molecular weight is 298 g/mol. The fourth-order valence-corrected chi connectivity index (χ4v) is 1.84. The fraction of sp³-hybridized carbons (Fsp3) is 0.429. The number of anilines is 1. The maximum atomic E-state index is 11.9. The Kier molecular flexibility index (Phi) is 5.98. The Morgan fingerprint density at radius 1 is 1.40 bits per heavy atom. The molecule has 6 heteroatoms. The lowest BCUT2D eigenvalue weighted by molar-refractivity contribution is -0.117. The number of nitrogens with zero attached hydrogens (tertiary/aromatic N) is 1. The lowest BCUT2D eigenvalue weighted by Gasteiger charge is -2.15. The summed E-state index contributed by atoms with van der Waals surface area (Å²) in [6.07, 6.45) is 1.42. The van der Waals surface area contributed by atoms with Gasteiger partial charge in [0.05, 0.1) is 16.8 Å². The molecule has 110 valence electrons. The van der Waals surface area contributed by atoms with E-state index in [4.69, 9.17) is 17.3 Å². The van der Waals surface area contributed by atoms with Crippen LogP contribution in [-0.2, 0) is 4.79 Å². The predicted molar refractivity (Wildman–Crippen MR) is 81.0 cm³/mol. The number of hydrogen-bond acceptors (Lipinski definition) is 3. The molecule has 0 aromatic heterocycles. The summed E-state index contributed by atoms with van der Waals surface area (Å²) in [5, 5.41) is 3.03. The number of nitrogens with two attached hydrogens (primary N) is 1. The molecule has 2 amide bonds. The molecular formula is C14H20ClN3O2. The van der Waals surface area contributed by atoms with E-state index < -0.39 is 6.04 Å².